The van der Waals surface area contributed by atoms with Gasteiger partial charge in [-0.3, -0.25) is 29.8 Å². The van der Waals surface area contributed by atoms with Crippen molar-refractivity contribution in [1.82, 2.24) is 15.5 Å². The summed E-state index contributed by atoms with van der Waals surface area (Å²) in [6.45, 7) is 2.42. The molecule has 2 aromatic carbocycles. The van der Waals surface area contributed by atoms with Crippen molar-refractivity contribution in [3.63, 3.8) is 0 Å². The van der Waals surface area contributed by atoms with Crippen LogP contribution in [0.4, 0.5) is 0 Å². The van der Waals surface area contributed by atoms with Crippen molar-refractivity contribution in [3.8, 4) is 0 Å². The number of carbonyl (C=O) groups is 5. The lowest BCUT2D eigenvalue weighted by Gasteiger charge is -2.34. The van der Waals surface area contributed by atoms with Crippen LogP contribution in [0, 0.1) is 0 Å². The van der Waals surface area contributed by atoms with Gasteiger partial charge in [-0.1, -0.05) is 50.1 Å². The molecule has 10 heteroatoms. The van der Waals surface area contributed by atoms with Crippen molar-refractivity contribution in [2.45, 2.75) is 76.4 Å². The number of amides is 3. The highest BCUT2D eigenvalue weighted by molar-refractivity contribution is 6.24. The van der Waals surface area contributed by atoms with E-state index in [1.807, 2.05) is 37.3 Å². The maximum Gasteiger partial charge on any atom is 0.336 e. The number of benzene rings is 2. The maximum absolute atomic E-state index is 13.9. The molecule has 0 aliphatic carbocycles. The highest BCUT2D eigenvalue weighted by atomic mass is 16.4. The maximum atomic E-state index is 13.9. The summed E-state index contributed by atoms with van der Waals surface area (Å²) in [4.78, 5) is 64.6. The molecule has 40 heavy (non-hydrogen) atoms. The number of aliphatic carboxylic acids is 1. The minimum Gasteiger partial charge on any atom is -0.480 e. The third-order valence-electron chi connectivity index (χ3n) is 7.67. The lowest BCUT2D eigenvalue weighted by atomic mass is 9.92. The van der Waals surface area contributed by atoms with E-state index in [0.29, 0.717) is 50.6 Å². The molecular weight excluding hydrogens is 514 g/mol. The lowest BCUT2D eigenvalue weighted by molar-refractivity contribution is -0.141. The van der Waals surface area contributed by atoms with Crippen molar-refractivity contribution >= 4 is 29.7 Å². The topological polar surface area (TPSA) is 153 Å². The van der Waals surface area contributed by atoms with Crippen molar-refractivity contribution < 1.29 is 34.2 Å². The molecule has 0 spiro atoms. The smallest absolute Gasteiger partial charge is 0.336 e. The number of aromatic carboxylic acids is 1. The summed E-state index contributed by atoms with van der Waals surface area (Å²) in [6, 6.07) is 10.3. The Labute approximate surface area is 232 Å². The van der Waals surface area contributed by atoms with Crippen LogP contribution in [0.3, 0.4) is 0 Å². The zero-order valence-corrected chi connectivity index (χ0v) is 22.5. The number of carboxylic acid groups (broad SMARTS) is 2. The molecule has 0 bridgehead atoms. The first-order valence-corrected chi connectivity index (χ1v) is 13.8. The number of carbonyl (C=O) groups excluding carboxylic acids is 3. The highest BCUT2D eigenvalue weighted by Crippen LogP contribution is 2.34. The van der Waals surface area contributed by atoms with Gasteiger partial charge in [-0.2, -0.15) is 0 Å². The zero-order valence-electron chi connectivity index (χ0n) is 22.5. The van der Waals surface area contributed by atoms with Crippen LogP contribution in [0.25, 0.3) is 0 Å². The van der Waals surface area contributed by atoms with Gasteiger partial charge in [0.05, 0.1) is 28.8 Å². The summed E-state index contributed by atoms with van der Waals surface area (Å²) in [5.74, 6) is -4.02. The Morgan fingerprint density at radius 1 is 1.05 bits per heavy atom. The fraction of sp³-hybridized carbons (Fsp3) is 0.433. The molecule has 0 radical (unpaired) electrons. The second-order valence-corrected chi connectivity index (χ2v) is 10.4. The number of imide groups is 1. The van der Waals surface area contributed by atoms with Crippen LogP contribution in [0.15, 0.2) is 42.5 Å². The van der Waals surface area contributed by atoms with Crippen LogP contribution in [-0.2, 0) is 16.0 Å². The molecule has 1 saturated heterocycles. The number of carboxylic acids is 2. The molecule has 212 valence electrons. The minimum absolute atomic E-state index is 0.00908. The monoisotopic (exact) mass is 549 g/mol. The van der Waals surface area contributed by atoms with E-state index >= 15 is 0 Å². The lowest BCUT2D eigenvalue weighted by Crippen LogP contribution is -2.52. The Hall–Kier alpha value is -4.05. The fourth-order valence-electron chi connectivity index (χ4n) is 5.59. The molecule has 0 aromatic heterocycles. The van der Waals surface area contributed by atoms with Gasteiger partial charge in [0, 0.05) is 6.54 Å². The molecule has 3 atom stereocenters. The number of nitrogens with one attached hydrogen (secondary N) is 2. The molecule has 2 aliphatic heterocycles. The van der Waals surface area contributed by atoms with E-state index in [1.165, 1.54) is 12.1 Å². The fourth-order valence-corrected chi connectivity index (χ4v) is 5.59. The Bertz CT molecular complexity index is 1290. The number of nitrogens with zero attached hydrogens (tertiary/aromatic N) is 1. The summed E-state index contributed by atoms with van der Waals surface area (Å²) >= 11 is 0. The summed E-state index contributed by atoms with van der Waals surface area (Å²) in [5, 5.41) is 25.0. The highest BCUT2D eigenvalue weighted by Gasteiger charge is 2.37. The van der Waals surface area contributed by atoms with E-state index in [4.69, 9.17) is 0 Å². The van der Waals surface area contributed by atoms with Crippen LogP contribution in [0.5, 0.6) is 0 Å². The summed E-state index contributed by atoms with van der Waals surface area (Å²) < 4.78 is 0. The summed E-state index contributed by atoms with van der Waals surface area (Å²) in [6.07, 6.45) is 4.85. The zero-order chi connectivity index (χ0) is 28.8. The molecular formula is C30H35N3O7. The van der Waals surface area contributed by atoms with Crippen LogP contribution in [0.1, 0.15) is 100 Å². The molecule has 3 amide bonds. The molecule has 2 aromatic rings. The largest absolute Gasteiger partial charge is 0.480 e. The molecule has 2 aliphatic rings. The van der Waals surface area contributed by atoms with Crippen molar-refractivity contribution in [3.05, 3.63) is 70.3 Å². The van der Waals surface area contributed by atoms with Gasteiger partial charge in [-0.25, -0.2) is 4.79 Å². The summed E-state index contributed by atoms with van der Waals surface area (Å²) in [5.41, 5.74) is 1.03. The number of fused-ring (bicyclic) bond motifs is 1. The van der Waals surface area contributed by atoms with Gasteiger partial charge < -0.3 is 15.1 Å². The Balaban J connectivity index is 1.63. The normalized spacial score (nSPS) is 18.6. The van der Waals surface area contributed by atoms with Crippen LogP contribution < -0.4 is 10.6 Å². The third-order valence-corrected chi connectivity index (χ3v) is 7.67. The first-order valence-electron chi connectivity index (χ1n) is 13.8. The van der Waals surface area contributed by atoms with E-state index in [0.717, 1.165) is 18.4 Å². The standard InChI is InChI=1S/C30H35N3O7/c1-2-3-12-24(19-16-20-25(21(17-19)29(37)38)27(35)32-26(20)34)33-15-8-7-11-22(28(33)36)31-23(30(39)40)14-13-18-9-5-4-6-10-18/h4-6,9-10,16-17,22-24,31H,2-3,7-8,11-15H2,1H3,(H,37,38)(H,39,40)(H,32,34,35). The predicted octanol–water partition coefficient (Wildman–Crippen LogP) is 3.56. The minimum atomic E-state index is -1.33. The molecule has 0 saturated carbocycles. The van der Waals surface area contributed by atoms with Gasteiger partial charge in [0.1, 0.15) is 6.04 Å². The van der Waals surface area contributed by atoms with Gasteiger partial charge in [0.2, 0.25) is 5.91 Å². The number of likely N-dealkylation sites (tertiary alicyclic amines) is 1. The molecule has 10 nitrogen and oxygen atoms in total. The molecule has 3 unspecified atom stereocenters. The quantitative estimate of drug-likeness (QED) is 0.293. The number of rotatable bonds is 12. The Morgan fingerprint density at radius 3 is 2.48 bits per heavy atom. The van der Waals surface area contributed by atoms with Crippen molar-refractivity contribution in [1.29, 1.82) is 0 Å². The number of hydrogen-bond donors (Lipinski definition) is 4. The van der Waals surface area contributed by atoms with Gasteiger partial charge in [0.15, 0.2) is 0 Å². The van der Waals surface area contributed by atoms with Crippen molar-refractivity contribution in [2.75, 3.05) is 6.54 Å². The van der Waals surface area contributed by atoms with Crippen LogP contribution >= 0.6 is 0 Å². The van der Waals surface area contributed by atoms with Gasteiger partial charge in [0.25, 0.3) is 11.8 Å². The molecule has 4 N–H and O–H groups in total. The number of unbranched alkanes of at least 4 members (excludes halogenated alkanes) is 1. The van der Waals surface area contributed by atoms with Gasteiger partial charge in [-0.05, 0) is 61.8 Å². The van der Waals surface area contributed by atoms with E-state index in [2.05, 4.69) is 10.6 Å². The van der Waals surface area contributed by atoms with E-state index < -0.39 is 41.9 Å². The Morgan fingerprint density at radius 2 is 1.80 bits per heavy atom. The van der Waals surface area contributed by atoms with Crippen molar-refractivity contribution in [2.24, 2.45) is 0 Å². The first kappa shape index (κ1) is 28.9. The first-order chi connectivity index (χ1) is 19.2. The average molecular weight is 550 g/mol. The summed E-state index contributed by atoms with van der Waals surface area (Å²) in [7, 11) is 0. The average Bonchev–Trinajstić information content (AvgIpc) is 3.10. The SMILES string of the molecule is CCCCC(c1cc(C(=O)O)c2c(c1)C(=O)NC2=O)N1CCCCC(NC(CCc2ccccc2)C(=O)O)C1=O. The molecule has 2 heterocycles. The number of aryl methyl sites for hydroxylation is 1. The van der Waals surface area contributed by atoms with Gasteiger partial charge >= 0.3 is 11.9 Å². The van der Waals surface area contributed by atoms with Gasteiger partial charge in [-0.15, -0.1) is 0 Å². The van der Waals surface area contributed by atoms with Crippen LogP contribution in [0.2, 0.25) is 0 Å². The predicted molar refractivity (Wildman–Crippen MR) is 146 cm³/mol. The second-order valence-electron chi connectivity index (χ2n) is 10.4. The molecule has 1 fully saturated rings. The van der Waals surface area contributed by atoms with E-state index in [9.17, 15) is 34.2 Å². The molecule has 4 rings (SSSR count). The Kier molecular flexibility index (Phi) is 9.31. The third kappa shape index (κ3) is 6.39. The number of hydrogen-bond acceptors (Lipinski definition) is 6. The van der Waals surface area contributed by atoms with Crippen LogP contribution in [-0.4, -0.2) is 63.4 Å². The van der Waals surface area contributed by atoms with E-state index in [-0.39, 0.29) is 22.6 Å². The van der Waals surface area contributed by atoms with E-state index in [1.54, 1.807) is 4.90 Å². The second kappa shape index (κ2) is 12.9.